The molecule has 1 N–H and O–H groups in total. The van der Waals surface area contributed by atoms with Crippen LogP contribution in [0.2, 0.25) is 0 Å². The number of amides is 1. The van der Waals surface area contributed by atoms with Crippen LogP contribution in [0.4, 0.5) is 5.13 Å². The first kappa shape index (κ1) is 15.9. The van der Waals surface area contributed by atoms with Gasteiger partial charge in [-0.1, -0.05) is 11.3 Å². The summed E-state index contributed by atoms with van der Waals surface area (Å²) < 4.78 is 0. The number of thiazole rings is 1. The highest BCUT2D eigenvalue weighted by Gasteiger charge is 2.53. The minimum atomic E-state index is -0.115. The van der Waals surface area contributed by atoms with Crippen LogP contribution in [-0.2, 0) is 5.41 Å². The number of hydrogen-bond acceptors (Lipinski definition) is 6. The number of aromatic nitrogens is 3. The van der Waals surface area contributed by atoms with Crippen LogP contribution in [0, 0.1) is 31.6 Å². The molecule has 0 saturated heterocycles. The molecule has 132 valence electrons. The quantitative estimate of drug-likeness (QED) is 0.868. The van der Waals surface area contributed by atoms with E-state index in [-0.39, 0.29) is 11.3 Å². The summed E-state index contributed by atoms with van der Waals surface area (Å²) in [5, 5.41) is 14.4. The summed E-state index contributed by atoms with van der Waals surface area (Å²) in [6.45, 7) is 3.80. The van der Waals surface area contributed by atoms with E-state index in [0.29, 0.717) is 10.0 Å². The van der Waals surface area contributed by atoms with Crippen molar-refractivity contribution in [2.24, 2.45) is 17.8 Å². The minimum Gasteiger partial charge on any atom is -0.296 e. The van der Waals surface area contributed by atoms with Gasteiger partial charge in [-0.05, 0) is 70.1 Å². The normalized spacial score (nSPS) is 33.0. The second-order valence-electron chi connectivity index (χ2n) is 8.21. The molecule has 4 aliphatic rings. The molecule has 2 aromatic heterocycles. The van der Waals surface area contributed by atoms with Crippen molar-refractivity contribution in [2.45, 2.75) is 57.8 Å². The van der Waals surface area contributed by atoms with Crippen molar-refractivity contribution in [1.82, 2.24) is 15.2 Å². The van der Waals surface area contributed by atoms with Crippen molar-refractivity contribution >= 4 is 33.7 Å². The summed E-state index contributed by atoms with van der Waals surface area (Å²) in [7, 11) is 0. The Bertz CT molecular complexity index is 805. The molecule has 1 amide bonds. The van der Waals surface area contributed by atoms with Gasteiger partial charge in [0.15, 0.2) is 0 Å². The molecule has 0 spiro atoms. The van der Waals surface area contributed by atoms with E-state index in [4.69, 9.17) is 0 Å². The number of anilines is 1. The van der Waals surface area contributed by atoms with Crippen LogP contribution in [-0.4, -0.2) is 21.1 Å². The molecule has 0 unspecified atom stereocenters. The van der Waals surface area contributed by atoms with Gasteiger partial charge in [0.05, 0.1) is 10.7 Å². The van der Waals surface area contributed by atoms with E-state index in [1.165, 1.54) is 49.9 Å². The van der Waals surface area contributed by atoms with Crippen molar-refractivity contribution in [3.8, 4) is 0 Å². The van der Waals surface area contributed by atoms with Crippen LogP contribution in [0.15, 0.2) is 0 Å². The predicted molar refractivity (Wildman–Crippen MR) is 99.3 cm³/mol. The lowest BCUT2D eigenvalue weighted by atomic mass is 9.50. The van der Waals surface area contributed by atoms with Crippen molar-refractivity contribution in [3.05, 3.63) is 20.6 Å². The molecule has 25 heavy (non-hydrogen) atoms. The molecular formula is C18H22N4OS2. The topological polar surface area (TPSA) is 67.8 Å². The van der Waals surface area contributed by atoms with Crippen LogP contribution in [0.5, 0.6) is 0 Å². The van der Waals surface area contributed by atoms with Gasteiger partial charge < -0.3 is 0 Å². The van der Waals surface area contributed by atoms with Crippen LogP contribution >= 0.6 is 22.7 Å². The van der Waals surface area contributed by atoms with Gasteiger partial charge in [-0.25, -0.2) is 4.98 Å². The first-order valence-electron chi connectivity index (χ1n) is 9.10. The Morgan fingerprint density at radius 1 is 1.04 bits per heavy atom. The van der Waals surface area contributed by atoms with E-state index >= 15 is 0 Å². The van der Waals surface area contributed by atoms with Crippen molar-refractivity contribution in [2.75, 3.05) is 5.32 Å². The maximum absolute atomic E-state index is 12.5. The molecule has 4 bridgehead atoms. The SMILES string of the molecule is Cc1nc(C)c(C(=O)Nc2nnc(C34CC5CC(CC(C5)C3)C4)s2)s1. The third-order valence-corrected chi connectivity index (χ3v) is 8.40. The highest BCUT2D eigenvalue weighted by molar-refractivity contribution is 7.16. The summed E-state index contributed by atoms with van der Waals surface area (Å²) >= 11 is 3.02. The first-order chi connectivity index (χ1) is 12.0. The number of carbonyl (C=O) groups is 1. The van der Waals surface area contributed by atoms with Gasteiger partial charge in [0.2, 0.25) is 5.13 Å². The average molecular weight is 375 g/mol. The molecule has 5 nitrogen and oxygen atoms in total. The van der Waals surface area contributed by atoms with E-state index in [9.17, 15) is 4.79 Å². The van der Waals surface area contributed by atoms with Gasteiger partial charge in [-0.2, -0.15) is 0 Å². The van der Waals surface area contributed by atoms with Gasteiger partial charge in [-0.15, -0.1) is 21.5 Å². The Kier molecular flexibility index (Phi) is 3.54. The molecule has 2 aromatic rings. The fourth-order valence-corrected chi connectivity index (χ4v) is 7.53. The zero-order chi connectivity index (χ0) is 17.2. The maximum atomic E-state index is 12.5. The highest BCUT2D eigenvalue weighted by atomic mass is 32.1. The van der Waals surface area contributed by atoms with Crippen LogP contribution in [0.25, 0.3) is 0 Å². The van der Waals surface area contributed by atoms with E-state index < -0.39 is 0 Å². The maximum Gasteiger partial charge on any atom is 0.269 e. The molecule has 6 rings (SSSR count). The van der Waals surface area contributed by atoms with E-state index in [1.54, 1.807) is 11.3 Å². The van der Waals surface area contributed by atoms with Crippen LogP contribution in [0.3, 0.4) is 0 Å². The van der Waals surface area contributed by atoms with Gasteiger partial charge in [0, 0.05) is 5.41 Å². The number of aryl methyl sites for hydroxylation is 2. The largest absolute Gasteiger partial charge is 0.296 e. The molecule has 4 aliphatic carbocycles. The first-order valence-corrected chi connectivity index (χ1v) is 10.7. The van der Waals surface area contributed by atoms with Crippen molar-refractivity contribution < 1.29 is 4.79 Å². The molecule has 0 aromatic carbocycles. The summed E-state index contributed by atoms with van der Waals surface area (Å²) in [5.74, 6) is 2.54. The Balaban J connectivity index is 1.37. The molecular weight excluding hydrogens is 352 g/mol. The average Bonchev–Trinajstić information content (AvgIpc) is 3.12. The van der Waals surface area contributed by atoms with Gasteiger partial charge >= 0.3 is 0 Å². The number of carbonyl (C=O) groups excluding carboxylic acids is 1. The summed E-state index contributed by atoms with van der Waals surface area (Å²) in [4.78, 5) is 17.5. The zero-order valence-electron chi connectivity index (χ0n) is 14.5. The minimum absolute atomic E-state index is 0.115. The molecule has 0 radical (unpaired) electrons. The van der Waals surface area contributed by atoms with E-state index in [1.807, 2.05) is 13.8 Å². The lowest BCUT2D eigenvalue weighted by Crippen LogP contribution is -2.48. The molecule has 7 heteroatoms. The van der Waals surface area contributed by atoms with Gasteiger partial charge in [-0.3, -0.25) is 10.1 Å². The van der Waals surface area contributed by atoms with Gasteiger partial charge in [0.25, 0.3) is 5.91 Å². The summed E-state index contributed by atoms with van der Waals surface area (Å²) in [6.07, 6.45) is 8.08. The number of nitrogens with zero attached hydrogens (tertiary/aromatic N) is 3. The van der Waals surface area contributed by atoms with Gasteiger partial charge in [0.1, 0.15) is 9.88 Å². The molecule has 4 fully saturated rings. The monoisotopic (exact) mass is 374 g/mol. The predicted octanol–water partition coefficient (Wildman–Crippen LogP) is 4.33. The number of rotatable bonds is 3. The smallest absolute Gasteiger partial charge is 0.269 e. The Hall–Kier alpha value is -1.34. The van der Waals surface area contributed by atoms with Crippen LogP contribution in [0.1, 0.15) is 63.9 Å². The van der Waals surface area contributed by atoms with Crippen molar-refractivity contribution in [1.29, 1.82) is 0 Å². The second kappa shape index (κ2) is 5.58. The third kappa shape index (κ3) is 2.63. The van der Waals surface area contributed by atoms with Crippen molar-refractivity contribution in [3.63, 3.8) is 0 Å². The Morgan fingerprint density at radius 2 is 1.68 bits per heavy atom. The lowest BCUT2D eigenvalue weighted by Gasteiger charge is -2.55. The zero-order valence-corrected chi connectivity index (χ0v) is 16.2. The molecule has 0 atom stereocenters. The summed E-state index contributed by atoms with van der Waals surface area (Å²) in [5.41, 5.74) is 1.03. The number of hydrogen-bond donors (Lipinski definition) is 1. The lowest BCUT2D eigenvalue weighted by molar-refractivity contribution is -0.00555. The fraction of sp³-hybridized carbons (Fsp3) is 0.667. The number of nitrogens with one attached hydrogen (secondary N) is 1. The Morgan fingerprint density at radius 3 is 2.24 bits per heavy atom. The third-order valence-electron chi connectivity index (χ3n) is 6.25. The molecule has 4 saturated carbocycles. The highest BCUT2D eigenvalue weighted by Crippen LogP contribution is 2.61. The Labute approximate surface area is 155 Å². The molecule has 0 aliphatic heterocycles. The van der Waals surface area contributed by atoms with E-state index in [2.05, 4.69) is 20.5 Å². The fourth-order valence-electron chi connectivity index (χ4n) is 5.76. The summed E-state index contributed by atoms with van der Waals surface area (Å²) in [6, 6.07) is 0. The standard InChI is InChI=1S/C18H22N4OS2/c1-9-14(24-10(2)19-9)15(23)20-17-22-21-16(25-17)18-6-11-3-12(7-18)5-13(4-11)8-18/h11-13H,3-8H2,1-2H3,(H,20,22,23). The van der Waals surface area contributed by atoms with E-state index in [0.717, 1.165) is 33.5 Å². The molecule has 2 heterocycles. The second-order valence-corrected chi connectivity index (χ2v) is 10.4. The van der Waals surface area contributed by atoms with Crippen LogP contribution < -0.4 is 5.32 Å².